The minimum Gasteiger partial charge on any atom is -0.441 e. The zero-order valence-electron chi connectivity index (χ0n) is 14.0. The molecule has 0 unspecified atom stereocenters. The number of rotatable bonds is 5. The van der Waals surface area contributed by atoms with Gasteiger partial charge in [-0.25, -0.2) is 4.98 Å². The van der Waals surface area contributed by atoms with Crippen LogP contribution >= 0.6 is 0 Å². The molecule has 2 heterocycles. The molecule has 0 amide bonds. The number of hydrogen-bond donors (Lipinski definition) is 0. The van der Waals surface area contributed by atoms with Crippen LogP contribution in [-0.2, 0) is 16.0 Å². The van der Waals surface area contributed by atoms with Crippen LogP contribution in [0.4, 0.5) is 0 Å². The molecule has 5 heteroatoms. The predicted octanol–water partition coefficient (Wildman–Crippen LogP) is 2.81. The highest BCUT2D eigenvalue weighted by molar-refractivity contribution is 5.58. The van der Waals surface area contributed by atoms with Crippen LogP contribution in [0, 0.1) is 13.8 Å². The van der Waals surface area contributed by atoms with Gasteiger partial charge in [0.1, 0.15) is 5.76 Å². The summed E-state index contributed by atoms with van der Waals surface area (Å²) in [6.45, 7) is 7.64. The van der Waals surface area contributed by atoms with Gasteiger partial charge in [0.25, 0.3) is 0 Å². The topological polar surface area (TPSA) is 47.7 Å². The van der Waals surface area contributed by atoms with E-state index in [0.29, 0.717) is 25.7 Å². The monoisotopic (exact) mass is 316 g/mol. The average molecular weight is 316 g/mol. The molecule has 5 nitrogen and oxygen atoms in total. The summed E-state index contributed by atoms with van der Waals surface area (Å²) in [6.07, 6.45) is 0.136. The third-order valence-electron chi connectivity index (χ3n) is 4.09. The molecule has 1 fully saturated rings. The minimum absolute atomic E-state index is 0.136. The molecule has 124 valence electrons. The van der Waals surface area contributed by atoms with E-state index in [4.69, 9.17) is 18.9 Å². The lowest BCUT2D eigenvalue weighted by atomic mass is 10.1. The lowest BCUT2D eigenvalue weighted by Gasteiger charge is -2.27. The van der Waals surface area contributed by atoms with Crippen molar-refractivity contribution in [2.45, 2.75) is 26.5 Å². The Labute approximate surface area is 137 Å². The molecule has 1 aliphatic rings. The van der Waals surface area contributed by atoms with Crippen LogP contribution in [0.25, 0.3) is 11.5 Å². The van der Waals surface area contributed by atoms with Crippen LogP contribution in [0.2, 0.25) is 0 Å². The lowest BCUT2D eigenvalue weighted by molar-refractivity contribution is -0.0963. The van der Waals surface area contributed by atoms with Gasteiger partial charge in [-0.3, -0.25) is 4.90 Å². The van der Waals surface area contributed by atoms with Crippen molar-refractivity contribution >= 4 is 0 Å². The molecule has 0 N–H and O–H groups in total. The van der Waals surface area contributed by atoms with E-state index >= 15 is 0 Å². The van der Waals surface area contributed by atoms with Gasteiger partial charge < -0.3 is 13.9 Å². The maximum atomic E-state index is 5.88. The van der Waals surface area contributed by atoms with Crippen LogP contribution in [-0.4, -0.2) is 49.4 Å². The lowest BCUT2D eigenvalue weighted by Crippen LogP contribution is -2.38. The minimum atomic E-state index is 0.136. The van der Waals surface area contributed by atoms with E-state index in [9.17, 15) is 0 Å². The molecule has 0 bridgehead atoms. The quantitative estimate of drug-likeness (QED) is 0.849. The molecule has 1 saturated heterocycles. The number of aryl methyl sites for hydroxylation is 2. The Balaban J connectivity index is 1.67. The standard InChI is InChI=1S/C18H24N2O3/c1-13-6-4-5-7-16(13)18-19-17(14(2)23-18)11-20(3)10-15-12-21-8-9-22-15/h4-7,15H,8-12H2,1-3H3/t15-/m1/s1. The molecule has 0 radical (unpaired) electrons. The van der Waals surface area contributed by atoms with E-state index in [0.717, 1.165) is 30.1 Å². The summed E-state index contributed by atoms with van der Waals surface area (Å²) in [5, 5.41) is 0. The molecule has 23 heavy (non-hydrogen) atoms. The van der Waals surface area contributed by atoms with Gasteiger partial charge in [-0.05, 0) is 32.5 Å². The Morgan fingerprint density at radius 3 is 2.78 bits per heavy atom. The zero-order valence-corrected chi connectivity index (χ0v) is 14.0. The molecular formula is C18H24N2O3. The van der Waals surface area contributed by atoms with E-state index in [1.807, 2.05) is 25.1 Å². The SMILES string of the molecule is Cc1ccccc1-c1nc(CN(C)C[C@@H]2COCCO2)c(C)o1. The first-order valence-electron chi connectivity index (χ1n) is 8.03. The third kappa shape index (κ3) is 3.99. The van der Waals surface area contributed by atoms with Crippen LogP contribution in [0.5, 0.6) is 0 Å². The fraction of sp³-hybridized carbons (Fsp3) is 0.500. The van der Waals surface area contributed by atoms with Crippen LogP contribution in [0.3, 0.4) is 0 Å². The Kier molecular flexibility index (Phi) is 5.10. The van der Waals surface area contributed by atoms with Crippen LogP contribution < -0.4 is 0 Å². The highest BCUT2D eigenvalue weighted by Crippen LogP contribution is 2.25. The Morgan fingerprint density at radius 2 is 2.04 bits per heavy atom. The molecule has 0 spiro atoms. The number of ether oxygens (including phenoxy) is 2. The first-order valence-corrected chi connectivity index (χ1v) is 8.03. The second kappa shape index (κ2) is 7.25. The summed E-state index contributed by atoms with van der Waals surface area (Å²) < 4.78 is 17.0. The van der Waals surface area contributed by atoms with E-state index in [1.54, 1.807) is 0 Å². The van der Waals surface area contributed by atoms with Gasteiger partial charge in [0, 0.05) is 18.7 Å². The number of likely N-dealkylation sites (N-methyl/N-ethyl adjacent to an activating group) is 1. The summed E-state index contributed by atoms with van der Waals surface area (Å²) in [5.74, 6) is 1.57. The van der Waals surface area contributed by atoms with Crippen LogP contribution in [0.1, 0.15) is 17.0 Å². The fourth-order valence-corrected chi connectivity index (χ4v) is 2.81. The Morgan fingerprint density at radius 1 is 1.22 bits per heavy atom. The van der Waals surface area contributed by atoms with Crippen molar-refractivity contribution in [3.8, 4) is 11.5 Å². The maximum Gasteiger partial charge on any atom is 0.226 e. The third-order valence-corrected chi connectivity index (χ3v) is 4.09. The van der Waals surface area contributed by atoms with Gasteiger partial charge >= 0.3 is 0 Å². The Bertz CT molecular complexity index is 647. The summed E-state index contributed by atoms with van der Waals surface area (Å²) >= 11 is 0. The van der Waals surface area contributed by atoms with E-state index < -0.39 is 0 Å². The van der Waals surface area contributed by atoms with E-state index in [1.165, 1.54) is 5.56 Å². The van der Waals surface area contributed by atoms with E-state index in [2.05, 4.69) is 24.9 Å². The molecule has 0 aliphatic carbocycles. The van der Waals surface area contributed by atoms with Gasteiger partial charge in [-0.1, -0.05) is 18.2 Å². The van der Waals surface area contributed by atoms with Gasteiger partial charge in [-0.15, -0.1) is 0 Å². The van der Waals surface area contributed by atoms with Crippen molar-refractivity contribution in [3.05, 3.63) is 41.3 Å². The number of oxazole rings is 1. The molecular weight excluding hydrogens is 292 g/mol. The molecule has 0 saturated carbocycles. The molecule has 1 atom stereocenters. The second-order valence-electron chi connectivity index (χ2n) is 6.10. The van der Waals surface area contributed by atoms with Crippen molar-refractivity contribution in [2.24, 2.45) is 0 Å². The van der Waals surface area contributed by atoms with Gasteiger partial charge in [0.15, 0.2) is 0 Å². The largest absolute Gasteiger partial charge is 0.441 e. The zero-order chi connectivity index (χ0) is 16.2. The molecule has 1 aromatic heterocycles. The summed E-state index contributed by atoms with van der Waals surface area (Å²) in [6, 6.07) is 8.14. The van der Waals surface area contributed by atoms with Crippen molar-refractivity contribution < 1.29 is 13.9 Å². The number of benzene rings is 1. The molecule has 1 aromatic carbocycles. The first-order chi connectivity index (χ1) is 11.1. The fourth-order valence-electron chi connectivity index (χ4n) is 2.81. The molecule has 1 aliphatic heterocycles. The van der Waals surface area contributed by atoms with Gasteiger partial charge in [-0.2, -0.15) is 0 Å². The second-order valence-corrected chi connectivity index (χ2v) is 6.10. The Hall–Kier alpha value is -1.69. The molecule has 2 aromatic rings. The average Bonchev–Trinajstić information content (AvgIpc) is 2.89. The highest BCUT2D eigenvalue weighted by atomic mass is 16.6. The molecule has 3 rings (SSSR count). The van der Waals surface area contributed by atoms with Crippen LogP contribution in [0.15, 0.2) is 28.7 Å². The summed E-state index contributed by atoms with van der Waals surface area (Å²) in [7, 11) is 2.07. The van der Waals surface area contributed by atoms with E-state index in [-0.39, 0.29) is 6.10 Å². The van der Waals surface area contributed by atoms with Crippen molar-refractivity contribution in [1.82, 2.24) is 9.88 Å². The first kappa shape index (κ1) is 16.2. The maximum absolute atomic E-state index is 5.88. The summed E-state index contributed by atoms with van der Waals surface area (Å²) in [5.41, 5.74) is 3.19. The van der Waals surface area contributed by atoms with Crippen molar-refractivity contribution in [2.75, 3.05) is 33.4 Å². The number of hydrogen-bond acceptors (Lipinski definition) is 5. The predicted molar refractivity (Wildman–Crippen MR) is 88.3 cm³/mol. The normalized spacial score (nSPS) is 18.5. The highest BCUT2D eigenvalue weighted by Gasteiger charge is 2.19. The van der Waals surface area contributed by atoms with Gasteiger partial charge in [0.05, 0.1) is 31.6 Å². The van der Waals surface area contributed by atoms with Gasteiger partial charge in [0.2, 0.25) is 5.89 Å². The van der Waals surface area contributed by atoms with Crippen molar-refractivity contribution in [3.63, 3.8) is 0 Å². The smallest absolute Gasteiger partial charge is 0.226 e. The number of aromatic nitrogens is 1. The number of nitrogens with zero attached hydrogens (tertiary/aromatic N) is 2. The summed E-state index contributed by atoms with van der Waals surface area (Å²) in [4.78, 5) is 6.89. The van der Waals surface area contributed by atoms with Crippen molar-refractivity contribution in [1.29, 1.82) is 0 Å².